The van der Waals surface area contributed by atoms with Crippen molar-refractivity contribution in [2.24, 2.45) is 0 Å². The number of halogens is 1. The fourth-order valence-corrected chi connectivity index (χ4v) is 3.05. The maximum absolute atomic E-state index is 13.1. The van der Waals surface area contributed by atoms with Gasteiger partial charge in [0.15, 0.2) is 17.3 Å². The Labute approximate surface area is 152 Å². The minimum absolute atomic E-state index is 0.138. The van der Waals surface area contributed by atoms with Gasteiger partial charge in [-0.15, -0.1) is 0 Å². The van der Waals surface area contributed by atoms with Crippen molar-refractivity contribution in [3.63, 3.8) is 0 Å². The van der Waals surface area contributed by atoms with Gasteiger partial charge in [-0.2, -0.15) is 5.10 Å². The molecule has 0 spiro atoms. The van der Waals surface area contributed by atoms with Gasteiger partial charge < -0.3 is 15.4 Å². The molecular weight excluding hydrogens is 347 g/mol. The van der Waals surface area contributed by atoms with Crippen LogP contribution in [0.25, 0.3) is 27.7 Å². The molecule has 0 bridgehead atoms. The van der Waals surface area contributed by atoms with Crippen LogP contribution in [0.1, 0.15) is 0 Å². The summed E-state index contributed by atoms with van der Waals surface area (Å²) in [6, 6.07) is 11.7. The first-order valence-corrected chi connectivity index (χ1v) is 8.21. The second-order valence-corrected chi connectivity index (χ2v) is 6.06. The SMILES string of the molecule is Oc1[nH]cc2cc(-c3cnc(Nc4ccc(F)cc4)c4ncnn34)ccc12. The molecule has 5 rings (SSSR count). The highest BCUT2D eigenvalue weighted by molar-refractivity contribution is 5.91. The quantitative estimate of drug-likeness (QED) is 0.454. The third kappa shape index (κ3) is 2.54. The first-order chi connectivity index (χ1) is 13.2. The summed E-state index contributed by atoms with van der Waals surface area (Å²) in [6.07, 6.45) is 4.89. The van der Waals surface area contributed by atoms with Gasteiger partial charge >= 0.3 is 0 Å². The minimum Gasteiger partial charge on any atom is -0.494 e. The Morgan fingerprint density at radius 1 is 1.07 bits per heavy atom. The predicted octanol–water partition coefficient (Wildman–Crippen LogP) is 3.86. The topological polar surface area (TPSA) is 91.1 Å². The summed E-state index contributed by atoms with van der Waals surface area (Å²) < 4.78 is 14.8. The molecule has 0 saturated heterocycles. The second kappa shape index (κ2) is 5.80. The number of benzene rings is 2. The lowest BCUT2D eigenvalue weighted by Gasteiger charge is -2.10. The lowest BCUT2D eigenvalue weighted by molar-refractivity contribution is 0.462. The van der Waals surface area contributed by atoms with Gasteiger partial charge in [-0.1, -0.05) is 6.07 Å². The Morgan fingerprint density at radius 3 is 2.78 bits per heavy atom. The molecule has 0 unspecified atom stereocenters. The summed E-state index contributed by atoms with van der Waals surface area (Å²) in [6.45, 7) is 0. The van der Waals surface area contributed by atoms with Crippen molar-refractivity contribution in [2.45, 2.75) is 0 Å². The molecule has 3 N–H and O–H groups in total. The van der Waals surface area contributed by atoms with Gasteiger partial charge in [0.05, 0.1) is 11.9 Å². The largest absolute Gasteiger partial charge is 0.494 e. The molecular formula is C19H13FN6O. The van der Waals surface area contributed by atoms with E-state index in [-0.39, 0.29) is 11.7 Å². The second-order valence-electron chi connectivity index (χ2n) is 6.06. The van der Waals surface area contributed by atoms with Crippen LogP contribution in [-0.2, 0) is 0 Å². The van der Waals surface area contributed by atoms with Crippen molar-refractivity contribution in [1.82, 2.24) is 24.6 Å². The van der Waals surface area contributed by atoms with Crippen LogP contribution in [0.4, 0.5) is 15.9 Å². The highest BCUT2D eigenvalue weighted by Crippen LogP contribution is 2.30. The standard InChI is InChI=1S/C19H13FN6O/c20-13-2-4-14(5-3-13)25-17-18-23-10-24-26(18)16(9-21-17)11-1-6-15-12(7-11)8-22-19(15)27/h1-10,22,27H,(H,21,25). The molecule has 0 fully saturated rings. The van der Waals surface area contributed by atoms with Crippen LogP contribution in [0.3, 0.4) is 0 Å². The van der Waals surface area contributed by atoms with Crippen LogP contribution < -0.4 is 5.32 Å². The van der Waals surface area contributed by atoms with Crippen LogP contribution in [-0.4, -0.2) is 29.7 Å². The summed E-state index contributed by atoms with van der Waals surface area (Å²) in [7, 11) is 0. The number of nitrogens with zero attached hydrogens (tertiary/aromatic N) is 4. The first-order valence-electron chi connectivity index (χ1n) is 8.21. The maximum atomic E-state index is 13.1. The fourth-order valence-electron chi connectivity index (χ4n) is 3.05. The normalized spacial score (nSPS) is 11.3. The molecule has 0 radical (unpaired) electrons. The van der Waals surface area contributed by atoms with Gasteiger partial charge in [0.1, 0.15) is 12.1 Å². The summed E-state index contributed by atoms with van der Waals surface area (Å²) >= 11 is 0. The van der Waals surface area contributed by atoms with E-state index in [1.165, 1.54) is 18.5 Å². The van der Waals surface area contributed by atoms with Gasteiger partial charge in [-0.25, -0.2) is 18.9 Å². The first kappa shape index (κ1) is 15.3. The number of hydrogen-bond acceptors (Lipinski definition) is 5. The van der Waals surface area contributed by atoms with Gasteiger partial charge in [0.2, 0.25) is 0 Å². The van der Waals surface area contributed by atoms with E-state index in [0.717, 1.165) is 22.0 Å². The smallest absolute Gasteiger partial charge is 0.199 e. The zero-order chi connectivity index (χ0) is 18.4. The van der Waals surface area contributed by atoms with Crippen LogP contribution in [0.15, 0.2) is 61.2 Å². The Bertz CT molecular complexity index is 1270. The molecule has 0 atom stereocenters. The van der Waals surface area contributed by atoms with E-state index in [2.05, 4.69) is 25.4 Å². The zero-order valence-electron chi connectivity index (χ0n) is 13.9. The van der Waals surface area contributed by atoms with Crippen LogP contribution in [0.2, 0.25) is 0 Å². The number of rotatable bonds is 3. The van der Waals surface area contributed by atoms with Crippen molar-refractivity contribution >= 4 is 27.9 Å². The number of fused-ring (bicyclic) bond motifs is 2. The predicted molar refractivity (Wildman–Crippen MR) is 99.4 cm³/mol. The van der Waals surface area contributed by atoms with Gasteiger partial charge in [-0.3, -0.25) is 0 Å². The highest BCUT2D eigenvalue weighted by Gasteiger charge is 2.13. The molecule has 0 aliphatic rings. The number of aromatic amines is 1. The van der Waals surface area contributed by atoms with Crippen molar-refractivity contribution < 1.29 is 9.50 Å². The van der Waals surface area contributed by atoms with Gasteiger partial charge in [0.25, 0.3) is 0 Å². The third-order valence-electron chi connectivity index (χ3n) is 4.38. The van der Waals surface area contributed by atoms with E-state index in [9.17, 15) is 9.50 Å². The van der Waals surface area contributed by atoms with E-state index >= 15 is 0 Å². The van der Waals surface area contributed by atoms with Gasteiger partial charge in [-0.05, 0) is 36.4 Å². The number of aromatic nitrogens is 5. The molecule has 132 valence electrons. The fraction of sp³-hybridized carbons (Fsp3) is 0. The molecule has 27 heavy (non-hydrogen) atoms. The average molecular weight is 360 g/mol. The number of hydrogen-bond donors (Lipinski definition) is 3. The third-order valence-corrected chi connectivity index (χ3v) is 4.38. The molecule has 0 saturated carbocycles. The molecule has 0 aliphatic heterocycles. The molecule has 8 heteroatoms. The van der Waals surface area contributed by atoms with Crippen molar-refractivity contribution in [3.8, 4) is 17.1 Å². The average Bonchev–Trinajstić information content (AvgIpc) is 3.31. The minimum atomic E-state index is -0.303. The lowest BCUT2D eigenvalue weighted by atomic mass is 10.1. The van der Waals surface area contributed by atoms with Gasteiger partial charge in [0, 0.05) is 28.2 Å². The molecule has 2 aromatic carbocycles. The van der Waals surface area contributed by atoms with E-state index in [1.807, 2.05) is 18.2 Å². The van der Waals surface area contributed by atoms with Crippen LogP contribution in [0.5, 0.6) is 5.88 Å². The highest BCUT2D eigenvalue weighted by atomic mass is 19.1. The summed E-state index contributed by atoms with van der Waals surface area (Å²) in [4.78, 5) is 11.6. The molecule has 0 aliphatic carbocycles. The Morgan fingerprint density at radius 2 is 1.93 bits per heavy atom. The van der Waals surface area contributed by atoms with E-state index < -0.39 is 0 Å². The van der Waals surface area contributed by atoms with E-state index in [0.29, 0.717) is 17.2 Å². The maximum Gasteiger partial charge on any atom is 0.199 e. The van der Waals surface area contributed by atoms with Crippen molar-refractivity contribution in [2.75, 3.05) is 5.32 Å². The Balaban J connectivity index is 1.60. The number of anilines is 2. The molecule has 0 amide bonds. The summed E-state index contributed by atoms with van der Waals surface area (Å²) in [5.74, 6) is 0.352. The number of nitrogens with one attached hydrogen (secondary N) is 2. The number of aromatic hydroxyl groups is 1. The molecule has 7 nitrogen and oxygen atoms in total. The molecule has 5 aromatic rings. The van der Waals surface area contributed by atoms with E-state index in [4.69, 9.17) is 0 Å². The summed E-state index contributed by atoms with van der Waals surface area (Å²) in [5.41, 5.74) is 2.90. The monoisotopic (exact) mass is 360 g/mol. The van der Waals surface area contributed by atoms with Crippen molar-refractivity contribution in [1.29, 1.82) is 0 Å². The van der Waals surface area contributed by atoms with Crippen LogP contribution in [0, 0.1) is 5.82 Å². The van der Waals surface area contributed by atoms with E-state index in [1.54, 1.807) is 29.0 Å². The van der Waals surface area contributed by atoms with Crippen molar-refractivity contribution in [3.05, 3.63) is 67.0 Å². The van der Waals surface area contributed by atoms with Crippen LogP contribution >= 0.6 is 0 Å². The lowest BCUT2D eigenvalue weighted by Crippen LogP contribution is -2.02. The number of H-pyrrole nitrogens is 1. The Kier molecular flexibility index (Phi) is 3.29. The Hall–Kier alpha value is -3.94. The summed E-state index contributed by atoms with van der Waals surface area (Å²) in [5, 5.41) is 18.8. The molecule has 3 aromatic heterocycles. The molecule has 3 heterocycles. The zero-order valence-corrected chi connectivity index (χ0v) is 13.9.